The Morgan fingerprint density at radius 2 is 2.11 bits per heavy atom. The van der Waals surface area contributed by atoms with Crippen LogP contribution in [0.5, 0.6) is 11.5 Å². The summed E-state index contributed by atoms with van der Waals surface area (Å²) in [7, 11) is 3.30. The van der Waals surface area contributed by atoms with Crippen LogP contribution in [0.2, 0.25) is 0 Å². The summed E-state index contributed by atoms with van der Waals surface area (Å²) in [6.07, 6.45) is 0.740. The Labute approximate surface area is 110 Å². The van der Waals surface area contributed by atoms with Gasteiger partial charge < -0.3 is 15.2 Å². The van der Waals surface area contributed by atoms with Crippen LogP contribution in [0, 0.1) is 0 Å². The van der Waals surface area contributed by atoms with Gasteiger partial charge in [-0.3, -0.25) is 0 Å². The predicted molar refractivity (Wildman–Crippen MR) is 72.4 cm³/mol. The molecule has 2 rings (SSSR count). The van der Waals surface area contributed by atoms with Crippen molar-refractivity contribution in [3.05, 3.63) is 39.8 Å². The molecule has 1 aromatic carbocycles. The monoisotopic (exact) mass is 264 g/mol. The first-order chi connectivity index (χ1) is 8.76. The first-order valence-corrected chi connectivity index (χ1v) is 6.49. The molecule has 0 unspecified atom stereocenters. The zero-order valence-electron chi connectivity index (χ0n) is 10.5. The number of ether oxygens (including phenoxy) is 2. The molecule has 0 bridgehead atoms. The van der Waals surface area contributed by atoms with Crippen molar-refractivity contribution in [1.29, 1.82) is 0 Å². The van der Waals surface area contributed by atoms with Crippen LogP contribution in [0.15, 0.2) is 23.6 Å². The van der Waals surface area contributed by atoms with Crippen molar-refractivity contribution in [3.63, 3.8) is 0 Å². The van der Waals surface area contributed by atoms with Gasteiger partial charge in [0.15, 0.2) is 0 Å². The molecule has 0 atom stereocenters. The normalized spacial score (nSPS) is 10.4. The van der Waals surface area contributed by atoms with E-state index >= 15 is 0 Å². The van der Waals surface area contributed by atoms with E-state index in [4.69, 9.17) is 15.2 Å². The standard InChI is InChI=1S/C13H16N2O2S/c1-16-11-4-3-9(12(6-11)17-2)5-10-8-18-13(7-14)15-10/h3-4,6,8H,5,7,14H2,1-2H3. The summed E-state index contributed by atoms with van der Waals surface area (Å²) in [5.41, 5.74) is 7.66. The maximum Gasteiger partial charge on any atom is 0.126 e. The fourth-order valence-corrected chi connectivity index (χ4v) is 2.39. The summed E-state index contributed by atoms with van der Waals surface area (Å²) in [5.74, 6) is 1.60. The average Bonchev–Trinajstić information content (AvgIpc) is 2.87. The molecule has 5 heteroatoms. The van der Waals surface area contributed by atoms with Gasteiger partial charge in [0.2, 0.25) is 0 Å². The second-order valence-electron chi connectivity index (χ2n) is 3.79. The van der Waals surface area contributed by atoms with Gasteiger partial charge in [-0.25, -0.2) is 4.98 Å². The third-order valence-electron chi connectivity index (χ3n) is 2.64. The van der Waals surface area contributed by atoms with Crippen LogP contribution in [-0.4, -0.2) is 19.2 Å². The van der Waals surface area contributed by atoms with Gasteiger partial charge in [-0.15, -0.1) is 11.3 Å². The van der Waals surface area contributed by atoms with Gasteiger partial charge in [-0.05, 0) is 6.07 Å². The topological polar surface area (TPSA) is 57.4 Å². The smallest absolute Gasteiger partial charge is 0.126 e. The molecule has 2 aromatic rings. The van der Waals surface area contributed by atoms with E-state index in [9.17, 15) is 0 Å². The Balaban J connectivity index is 2.22. The number of aromatic nitrogens is 1. The molecule has 1 aromatic heterocycles. The number of methoxy groups -OCH3 is 2. The highest BCUT2D eigenvalue weighted by Crippen LogP contribution is 2.26. The summed E-state index contributed by atoms with van der Waals surface area (Å²) in [6, 6.07) is 5.80. The van der Waals surface area contributed by atoms with E-state index in [1.807, 2.05) is 23.6 Å². The number of nitrogens with zero attached hydrogens (tertiary/aromatic N) is 1. The van der Waals surface area contributed by atoms with Crippen molar-refractivity contribution in [3.8, 4) is 11.5 Å². The fourth-order valence-electron chi connectivity index (χ4n) is 1.72. The Hall–Kier alpha value is -1.59. The lowest BCUT2D eigenvalue weighted by Gasteiger charge is -2.09. The van der Waals surface area contributed by atoms with Crippen LogP contribution < -0.4 is 15.2 Å². The van der Waals surface area contributed by atoms with E-state index in [1.165, 1.54) is 0 Å². The van der Waals surface area contributed by atoms with Crippen LogP contribution >= 0.6 is 11.3 Å². The fraction of sp³-hybridized carbons (Fsp3) is 0.308. The number of hydrogen-bond acceptors (Lipinski definition) is 5. The highest BCUT2D eigenvalue weighted by Gasteiger charge is 2.08. The molecule has 0 fully saturated rings. The Morgan fingerprint density at radius 3 is 2.72 bits per heavy atom. The van der Waals surface area contributed by atoms with E-state index < -0.39 is 0 Å². The SMILES string of the molecule is COc1ccc(Cc2csc(CN)n2)c(OC)c1. The van der Waals surface area contributed by atoms with E-state index in [0.29, 0.717) is 6.54 Å². The molecule has 0 aliphatic carbocycles. The lowest BCUT2D eigenvalue weighted by atomic mass is 10.1. The Morgan fingerprint density at radius 1 is 1.28 bits per heavy atom. The largest absolute Gasteiger partial charge is 0.497 e. The molecule has 96 valence electrons. The van der Waals surface area contributed by atoms with Gasteiger partial charge >= 0.3 is 0 Å². The number of rotatable bonds is 5. The molecule has 0 aliphatic heterocycles. The molecule has 1 heterocycles. The van der Waals surface area contributed by atoms with Gasteiger partial charge in [0.25, 0.3) is 0 Å². The van der Waals surface area contributed by atoms with Crippen molar-refractivity contribution in [2.24, 2.45) is 5.73 Å². The Bertz CT molecular complexity index is 525. The van der Waals surface area contributed by atoms with Crippen molar-refractivity contribution in [1.82, 2.24) is 4.98 Å². The third kappa shape index (κ3) is 2.80. The third-order valence-corrected chi connectivity index (χ3v) is 3.56. The first-order valence-electron chi connectivity index (χ1n) is 5.61. The minimum atomic E-state index is 0.490. The first kappa shape index (κ1) is 12.9. The Kier molecular flexibility index (Phi) is 4.17. The molecule has 0 amide bonds. The highest BCUT2D eigenvalue weighted by molar-refractivity contribution is 7.09. The lowest BCUT2D eigenvalue weighted by molar-refractivity contribution is 0.391. The van der Waals surface area contributed by atoms with Gasteiger partial charge in [-0.2, -0.15) is 0 Å². The molecule has 2 N–H and O–H groups in total. The van der Waals surface area contributed by atoms with Gasteiger partial charge in [0.05, 0.1) is 19.9 Å². The van der Waals surface area contributed by atoms with Gasteiger partial charge in [-0.1, -0.05) is 6.07 Å². The van der Waals surface area contributed by atoms with E-state index in [-0.39, 0.29) is 0 Å². The molecular formula is C13H16N2O2S. The molecule has 0 spiro atoms. The second-order valence-corrected chi connectivity index (χ2v) is 4.73. The summed E-state index contributed by atoms with van der Waals surface area (Å²) in [4.78, 5) is 4.45. The molecule has 0 aliphatic rings. The highest BCUT2D eigenvalue weighted by atomic mass is 32.1. The number of benzene rings is 1. The maximum atomic E-state index is 5.56. The number of hydrogen-bond donors (Lipinski definition) is 1. The van der Waals surface area contributed by atoms with Gasteiger partial charge in [0.1, 0.15) is 16.5 Å². The zero-order chi connectivity index (χ0) is 13.0. The maximum absolute atomic E-state index is 5.56. The summed E-state index contributed by atoms with van der Waals surface area (Å²) in [5, 5.41) is 2.99. The van der Waals surface area contributed by atoms with Crippen LogP contribution in [0.4, 0.5) is 0 Å². The molecular weight excluding hydrogens is 248 g/mol. The zero-order valence-corrected chi connectivity index (χ0v) is 11.3. The van der Waals surface area contributed by atoms with Crippen molar-refractivity contribution in [2.75, 3.05) is 14.2 Å². The van der Waals surface area contributed by atoms with Crippen LogP contribution in [-0.2, 0) is 13.0 Å². The average molecular weight is 264 g/mol. The predicted octanol–water partition coefficient (Wildman–Crippen LogP) is 2.21. The van der Waals surface area contributed by atoms with Gasteiger partial charge in [0, 0.05) is 30.0 Å². The summed E-state index contributed by atoms with van der Waals surface area (Å²) < 4.78 is 10.5. The van der Waals surface area contributed by atoms with E-state index in [1.54, 1.807) is 25.6 Å². The molecule has 0 saturated heterocycles. The second kappa shape index (κ2) is 5.84. The van der Waals surface area contributed by atoms with Crippen molar-refractivity contribution in [2.45, 2.75) is 13.0 Å². The van der Waals surface area contributed by atoms with Crippen LogP contribution in [0.1, 0.15) is 16.3 Å². The quantitative estimate of drug-likeness (QED) is 0.899. The molecule has 0 saturated carbocycles. The van der Waals surface area contributed by atoms with Crippen LogP contribution in [0.3, 0.4) is 0 Å². The van der Waals surface area contributed by atoms with E-state index in [0.717, 1.165) is 34.2 Å². The molecule has 0 radical (unpaired) electrons. The van der Waals surface area contributed by atoms with Crippen molar-refractivity contribution < 1.29 is 9.47 Å². The van der Waals surface area contributed by atoms with Crippen LogP contribution in [0.25, 0.3) is 0 Å². The summed E-state index contributed by atoms with van der Waals surface area (Å²) in [6.45, 7) is 0.490. The molecule has 18 heavy (non-hydrogen) atoms. The van der Waals surface area contributed by atoms with Crippen molar-refractivity contribution >= 4 is 11.3 Å². The number of nitrogens with two attached hydrogens (primary N) is 1. The number of thiazole rings is 1. The molecule has 4 nitrogen and oxygen atoms in total. The van der Waals surface area contributed by atoms with E-state index in [2.05, 4.69) is 4.98 Å². The lowest BCUT2D eigenvalue weighted by Crippen LogP contribution is -1.98. The summed E-state index contributed by atoms with van der Waals surface area (Å²) >= 11 is 1.59. The minimum Gasteiger partial charge on any atom is -0.497 e. The minimum absolute atomic E-state index is 0.490.